The number of nitrogens with zero attached hydrogens (tertiary/aromatic N) is 2. The number of phenols is 1. The Hall–Kier alpha value is -8.90. The van der Waals surface area contributed by atoms with Gasteiger partial charge in [0.05, 0.1) is 31.3 Å². The average molecular weight is 1420 g/mol. The van der Waals surface area contributed by atoms with Crippen LogP contribution in [-0.2, 0) is 83.5 Å². The number of thioether (sulfide) groups is 2. The van der Waals surface area contributed by atoms with Crippen LogP contribution in [-0.4, -0.2) is 169 Å². The second kappa shape index (κ2) is 36.4. The summed E-state index contributed by atoms with van der Waals surface area (Å²) in [4.78, 5) is 169. The molecule has 100 heavy (non-hydrogen) atoms. The Morgan fingerprint density at radius 2 is 1.39 bits per heavy atom. The average Bonchev–Trinajstić information content (AvgIpc) is 1.64. The molecule has 3 fully saturated rings. The third-order valence-electron chi connectivity index (χ3n) is 19.2. The van der Waals surface area contributed by atoms with Crippen LogP contribution < -0.4 is 54.4 Å². The first-order valence-electron chi connectivity index (χ1n) is 34.1. The zero-order valence-corrected chi connectivity index (χ0v) is 57.3. The standard InChI is InChI=1S/C70H90F2N14O12S2/c71-46-14-13-42-11-12-43(50(42)28-46)25-55-67(95)84-57(31-61(74)89)69(97)83-56(30-48-33-76-38-79-48)68(96)85-58(24-39-9-16-49(87)17-10-39)70(98)86-21-4-8-59(86)60(88)27-45(64(75)92)37-100-36-41-6-3-5-40(23-41)35-99-22-19-62(90)80-53(7-1-2-20-73)65(93)78-34-63(91)81-54(66(94)82-55)26-44-32-77-52-18-15-47(72)29-51(44)52/h3,5-6,9-10,15-18,23,29,32-33,38,42-43,45-46,50,53-59,77,87H,1-2,4,7-8,11-14,19-22,24-28,30-31,34-37,73H2,(H2,74,89)(H2,75,92)(H,76,79)(H,78,93)(H,80,90)(H,81,91)(H,82,94)(H,83,97)(H,84,95)(H,85,96)/t42?,43?,45-,46?,50?,53-,54-,55-,56-,57-,58-,59-/m0/s1. The van der Waals surface area contributed by atoms with Crippen LogP contribution >= 0.6 is 23.5 Å². The summed E-state index contributed by atoms with van der Waals surface area (Å²) in [5.74, 6) is -9.31. The van der Waals surface area contributed by atoms with E-state index >= 15 is 18.8 Å². The predicted octanol–water partition coefficient (Wildman–Crippen LogP) is 2.97. The van der Waals surface area contributed by atoms with Crippen molar-refractivity contribution in [3.63, 3.8) is 0 Å². The van der Waals surface area contributed by atoms with E-state index in [0.29, 0.717) is 96.5 Å². The van der Waals surface area contributed by atoms with Crippen molar-refractivity contribution in [2.75, 3.05) is 31.1 Å². The molecule has 2 bridgehead atoms. The van der Waals surface area contributed by atoms with Crippen LogP contribution in [0.1, 0.15) is 118 Å². The van der Waals surface area contributed by atoms with Crippen molar-refractivity contribution in [2.45, 2.75) is 169 Å². The number of unbranched alkanes of at least 4 members (excludes halogenated alkanes) is 1. The fraction of sp³-hybridized carbons (Fsp3) is 0.514. The van der Waals surface area contributed by atoms with Gasteiger partial charge in [-0.15, -0.1) is 0 Å². The van der Waals surface area contributed by atoms with Crippen molar-refractivity contribution in [1.29, 1.82) is 0 Å². The number of Topliss-reactive ketones (excluding diaryl/α,β-unsaturated/α-hetero) is 1. The number of alkyl halides is 1. The highest BCUT2D eigenvalue weighted by Gasteiger charge is 2.44. The molecule has 2 saturated carbocycles. The van der Waals surface area contributed by atoms with Crippen LogP contribution in [0.4, 0.5) is 8.78 Å². The molecule has 3 aromatic carbocycles. The number of fused-ring (bicyclic) bond motifs is 5. The summed E-state index contributed by atoms with van der Waals surface area (Å²) < 4.78 is 30.2. The Kier molecular flexibility index (Phi) is 27.4. The van der Waals surface area contributed by atoms with E-state index in [0.717, 1.165) is 11.1 Å². The van der Waals surface area contributed by atoms with Crippen LogP contribution in [0.3, 0.4) is 0 Å². The number of aromatic nitrogens is 3. The molecular weight excluding hydrogens is 1330 g/mol. The largest absolute Gasteiger partial charge is 0.508 e. The SMILES string of the molecule is NCCCC[C@@H]1NC(=O)CCSCc2cccc(c2)CSC[C@@H](C(N)=O)CC(=O)[C@@H]2CCCN2C(=O)[C@H](Cc2ccc(O)cc2)NC(=O)[C@H](Cc2cnc[nH]2)NC(=O)[C@H](CC(N)=O)NC(=O)[C@H](CC2CCC3CCC(F)CC32)NC(=O)[C@H](Cc2c[nH]c3ccc(F)cc23)NC(=O)CNC1=O. The van der Waals surface area contributed by atoms with Gasteiger partial charge in [-0.05, 0) is 148 Å². The molecule has 0 spiro atoms. The number of aromatic amines is 2. The maximum Gasteiger partial charge on any atom is 0.246 e. The van der Waals surface area contributed by atoms with Crippen LogP contribution in [0.2, 0.25) is 0 Å². The molecular formula is C70H90F2N14O12S2. The molecule has 4 aliphatic rings. The molecule has 2 aliphatic heterocycles. The highest BCUT2D eigenvalue weighted by atomic mass is 32.2. The number of nitrogens with one attached hydrogen (secondary N) is 9. The van der Waals surface area contributed by atoms with Gasteiger partial charge in [0.2, 0.25) is 59.1 Å². The number of H-pyrrole nitrogens is 2. The van der Waals surface area contributed by atoms with E-state index < -0.39 is 138 Å². The fourth-order valence-electron chi connectivity index (χ4n) is 14.0. The second-order valence-corrected chi connectivity index (χ2v) is 28.7. The van der Waals surface area contributed by atoms with Gasteiger partial charge in [0.15, 0.2) is 5.78 Å². The normalized spacial score (nSPS) is 26.6. The van der Waals surface area contributed by atoms with E-state index in [9.17, 15) is 47.9 Å². The summed E-state index contributed by atoms with van der Waals surface area (Å²) in [6.45, 7) is -0.270. The predicted molar refractivity (Wildman–Crippen MR) is 371 cm³/mol. The molecule has 10 amide bonds. The summed E-state index contributed by atoms with van der Waals surface area (Å²) in [6.07, 6.45) is 5.36. The Bertz CT molecular complexity index is 3720. The lowest BCUT2D eigenvalue weighted by molar-refractivity contribution is -0.142. The molecule has 4 heterocycles. The summed E-state index contributed by atoms with van der Waals surface area (Å²) in [5, 5.41) is 29.4. The number of hydrogen-bond donors (Lipinski definition) is 13. The number of benzene rings is 3. The molecule has 26 nitrogen and oxygen atoms in total. The van der Waals surface area contributed by atoms with Crippen LogP contribution in [0.15, 0.2) is 85.5 Å². The van der Waals surface area contributed by atoms with Gasteiger partial charge >= 0.3 is 0 Å². The number of ketones is 1. The lowest BCUT2D eigenvalue weighted by atomic mass is 9.75. The number of imidazole rings is 1. The fourth-order valence-corrected chi connectivity index (χ4v) is 16.0. The molecule has 12 atom stereocenters. The molecule has 30 heteroatoms. The molecule has 9 rings (SSSR count). The van der Waals surface area contributed by atoms with Crippen LogP contribution in [0.5, 0.6) is 5.75 Å². The van der Waals surface area contributed by atoms with Crippen LogP contribution in [0, 0.1) is 29.5 Å². The first-order valence-corrected chi connectivity index (χ1v) is 36.5. The third-order valence-corrected chi connectivity index (χ3v) is 21.4. The van der Waals surface area contributed by atoms with Gasteiger partial charge in [-0.3, -0.25) is 52.7 Å². The van der Waals surface area contributed by atoms with E-state index in [1.807, 2.05) is 24.3 Å². The van der Waals surface area contributed by atoms with Crippen molar-refractivity contribution in [1.82, 2.24) is 57.1 Å². The lowest BCUT2D eigenvalue weighted by Crippen LogP contribution is -2.61. The van der Waals surface area contributed by atoms with Gasteiger partial charge in [-0.25, -0.2) is 13.8 Å². The van der Waals surface area contributed by atoms with Gasteiger partial charge in [0.25, 0.3) is 0 Å². The Morgan fingerprint density at radius 3 is 2.12 bits per heavy atom. The van der Waals surface area contributed by atoms with Gasteiger partial charge in [-0.1, -0.05) is 36.4 Å². The summed E-state index contributed by atoms with van der Waals surface area (Å²) >= 11 is 2.89. The first kappa shape index (κ1) is 75.3. The minimum absolute atomic E-state index is 0.0381. The van der Waals surface area contributed by atoms with E-state index in [-0.39, 0.29) is 93.6 Å². The number of nitrogens with two attached hydrogens (primary N) is 3. The number of aromatic hydroxyl groups is 1. The summed E-state index contributed by atoms with van der Waals surface area (Å²) in [7, 11) is 0. The third kappa shape index (κ3) is 21.6. The molecule has 2 aliphatic carbocycles. The molecule has 0 radical (unpaired) electrons. The summed E-state index contributed by atoms with van der Waals surface area (Å²) in [5.41, 5.74) is 21.1. The van der Waals surface area contributed by atoms with E-state index in [1.54, 1.807) is 12.1 Å². The van der Waals surface area contributed by atoms with Crippen molar-refractivity contribution in [3.8, 4) is 5.75 Å². The number of carbonyl (C=O) groups excluding carboxylic acids is 11. The zero-order chi connectivity index (χ0) is 71.4. The number of carbonyl (C=O) groups is 11. The minimum atomic E-state index is -1.84. The Balaban J connectivity index is 1.04. The van der Waals surface area contributed by atoms with Crippen molar-refractivity contribution >= 4 is 99.3 Å². The highest BCUT2D eigenvalue weighted by molar-refractivity contribution is 7.98. The smallest absolute Gasteiger partial charge is 0.246 e. The van der Waals surface area contributed by atoms with Gasteiger partial charge in [0.1, 0.15) is 54.0 Å². The maximum atomic E-state index is 15.3. The lowest BCUT2D eigenvalue weighted by Gasteiger charge is -2.33. The Morgan fingerprint density at radius 1 is 0.700 bits per heavy atom. The van der Waals surface area contributed by atoms with Gasteiger partial charge in [0, 0.05) is 90.7 Å². The maximum absolute atomic E-state index is 15.3. The zero-order valence-electron chi connectivity index (χ0n) is 55.6. The number of halogens is 2. The molecule has 4 unspecified atom stereocenters. The van der Waals surface area contributed by atoms with Crippen LogP contribution in [0.25, 0.3) is 10.9 Å². The van der Waals surface area contributed by atoms with E-state index in [4.69, 9.17) is 17.2 Å². The summed E-state index contributed by atoms with van der Waals surface area (Å²) in [6, 6.07) is 7.53. The molecule has 1 saturated heterocycles. The number of hydrogen-bond acceptors (Lipinski definition) is 16. The van der Waals surface area contributed by atoms with Crippen molar-refractivity contribution in [3.05, 3.63) is 119 Å². The highest BCUT2D eigenvalue weighted by Crippen LogP contribution is 2.48. The number of primary amides is 2. The molecule has 16 N–H and O–H groups in total. The van der Waals surface area contributed by atoms with Gasteiger partial charge < -0.3 is 74.4 Å². The molecule has 538 valence electrons. The van der Waals surface area contributed by atoms with E-state index in [2.05, 4.69) is 52.2 Å². The molecule has 2 aromatic heterocycles. The topological polar surface area (TPSA) is 418 Å². The molecule has 5 aromatic rings. The van der Waals surface area contributed by atoms with Crippen molar-refractivity contribution in [2.24, 2.45) is 40.9 Å². The second-order valence-electron chi connectivity index (χ2n) is 26.5. The monoisotopic (exact) mass is 1420 g/mol. The Labute approximate surface area is 586 Å². The van der Waals surface area contributed by atoms with Gasteiger partial charge in [-0.2, -0.15) is 23.5 Å². The van der Waals surface area contributed by atoms with Crippen molar-refractivity contribution < 1.29 is 66.6 Å². The minimum Gasteiger partial charge on any atom is -0.508 e. The number of phenolic OH excluding ortho intramolecular Hbond substituents is 1. The quantitative estimate of drug-likeness (QED) is 0.0670. The number of amides is 10. The number of rotatable bonds is 15. The van der Waals surface area contributed by atoms with E-state index in [1.165, 1.54) is 77.5 Å². The first-order chi connectivity index (χ1) is 48.1.